The minimum atomic E-state index is -0.0686. The van der Waals surface area contributed by atoms with Gasteiger partial charge < -0.3 is 25.8 Å². The fourth-order valence-corrected chi connectivity index (χ4v) is 3.89. The van der Waals surface area contributed by atoms with E-state index >= 15 is 0 Å². The van der Waals surface area contributed by atoms with E-state index in [0.29, 0.717) is 47.4 Å². The van der Waals surface area contributed by atoms with Gasteiger partial charge in [0.05, 0.1) is 25.5 Å². The number of rotatable bonds is 7. The number of nitrogens with one attached hydrogen (secondary N) is 1. The third-order valence-corrected chi connectivity index (χ3v) is 6.07. The number of phenols is 1. The molecule has 0 spiro atoms. The highest BCUT2D eigenvalue weighted by Gasteiger charge is 2.15. The summed E-state index contributed by atoms with van der Waals surface area (Å²) >= 11 is 6.00. The first-order valence-corrected chi connectivity index (χ1v) is 11.4. The number of hydrogen-bond donors (Lipinski definition) is 3. The number of benzene rings is 2. The van der Waals surface area contributed by atoms with Crippen LogP contribution in [-0.4, -0.2) is 60.8 Å². The molecule has 1 saturated heterocycles. The Morgan fingerprint density at radius 1 is 1.15 bits per heavy atom. The second-order valence-electron chi connectivity index (χ2n) is 8.14. The predicted molar refractivity (Wildman–Crippen MR) is 134 cm³/mol. The summed E-state index contributed by atoms with van der Waals surface area (Å²) in [6.07, 6.45) is 0. The number of phenolic OH excluding ortho intramolecular Hbond substituents is 1. The summed E-state index contributed by atoms with van der Waals surface area (Å²) in [5.74, 6) is 0.340. The van der Waals surface area contributed by atoms with Gasteiger partial charge in [0.15, 0.2) is 0 Å². The molecule has 1 aliphatic heterocycles. The van der Waals surface area contributed by atoms with Crippen LogP contribution in [0.5, 0.6) is 5.75 Å². The Morgan fingerprint density at radius 3 is 2.56 bits per heavy atom. The average molecular weight is 482 g/mol. The summed E-state index contributed by atoms with van der Waals surface area (Å²) in [5.41, 5.74) is 9.84. The maximum Gasteiger partial charge on any atom is 0.234 e. The molecule has 1 fully saturated rings. The number of nitrogens with zero attached hydrogens (tertiary/aromatic N) is 3. The summed E-state index contributed by atoms with van der Waals surface area (Å²) in [4.78, 5) is 20.8. The first kappa shape index (κ1) is 23.8. The van der Waals surface area contributed by atoms with E-state index in [2.05, 4.69) is 15.2 Å². The zero-order valence-electron chi connectivity index (χ0n) is 19.0. The van der Waals surface area contributed by atoms with E-state index in [0.717, 1.165) is 24.5 Å². The molecule has 2 aromatic carbocycles. The van der Waals surface area contributed by atoms with Crippen LogP contribution in [0.15, 0.2) is 54.6 Å². The number of carbonyl (C=O) groups is 1. The number of nitrogens with two attached hydrogens (primary N) is 1. The minimum Gasteiger partial charge on any atom is -0.507 e. The van der Waals surface area contributed by atoms with E-state index in [1.165, 1.54) is 0 Å². The van der Waals surface area contributed by atoms with Crippen molar-refractivity contribution in [3.63, 3.8) is 0 Å². The summed E-state index contributed by atoms with van der Waals surface area (Å²) in [7, 11) is 1.93. The molecule has 0 aliphatic carbocycles. The number of ether oxygens (including phenoxy) is 1. The lowest BCUT2D eigenvalue weighted by Crippen LogP contribution is -2.43. The average Bonchev–Trinajstić information content (AvgIpc) is 2.84. The number of hydrogen-bond acceptors (Lipinski definition) is 7. The molecule has 178 valence electrons. The molecular formula is C25H28ClN5O3. The van der Waals surface area contributed by atoms with E-state index in [1.54, 1.807) is 12.1 Å². The number of anilines is 3. The van der Waals surface area contributed by atoms with Gasteiger partial charge in [-0.3, -0.25) is 9.69 Å². The molecule has 0 atom stereocenters. The molecule has 8 nitrogen and oxygen atoms in total. The van der Waals surface area contributed by atoms with Gasteiger partial charge in [0.2, 0.25) is 5.91 Å². The van der Waals surface area contributed by atoms with Crippen LogP contribution in [0.4, 0.5) is 17.2 Å². The highest BCUT2D eigenvalue weighted by Crippen LogP contribution is 2.35. The number of nitrogen functional groups attached to an aromatic ring is 1. The normalized spacial score (nSPS) is 14.1. The van der Waals surface area contributed by atoms with Gasteiger partial charge in [0, 0.05) is 54.2 Å². The van der Waals surface area contributed by atoms with Gasteiger partial charge in [-0.1, -0.05) is 17.7 Å². The van der Waals surface area contributed by atoms with Crippen LogP contribution >= 0.6 is 11.6 Å². The van der Waals surface area contributed by atoms with Crippen molar-refractivity contribution in [1.29, 1.82) is 0 Å². The molecule has 0 radical (unpaired) electrons. The standard InChI is InChI=1S/C25H28ClN5O3/c1-30(19-5-3-18(26)4-6-19)20-7-9-23(32)21(14-20)22-8-2-17(25(27)29-22)15-28-24(33)16-31-10-12-34-13-11-31/h2-9,14,32H,10-13,15-16H2,1H3,(H2,27,29)(H,28,33). The van der Waals surface area contributed by atoms with Crippen molar-refractivity contribution in [3.8, 4) is 17.0 Å². The van der Waals surface area contributed by atoms with Crippen LogP contribution in [0.25, 0.3) is 11.3 Å². The summed E-state index contributed by atoms with van der Waals surface area (Å²) < 4.78 is 5.31. The molecule has 4 N–H and O–H groups in total. The lowest BCUT2D eigenvalue weighted by molar-refractivity contribution is -0.123. The Labute approximate surface area is 203 Å². The predicted octanol–water partition coefficient (Wildman–Crippen LogP) is 3.41. The number of halogens is 1. The lowest BCUT2D eigenvalue weighted by Gasteiger charge is -2.25. The fourth-order valence-electron chi connectivity index (χ4n) is 3.77. The van der Waals surface area contributed by atoms with E-state index in [1.807, 2.05) is 54.4 Å². The fraction of sp³-hybridized carbons (Fsp3) is 0.280. The van der Waals surface area contributed by atoms with Gasteiger partial charge in [-0.25, -0.2) is 4.98 Å². The van der Waals surface area contributed by atoms with E-state index in [4.69, 9.17) is 22.1 Å². The molecule has 0 saturated carbocycles. The Bertz CT molecular complexity index is 1150. The molecular weight excluding hydrogens is 454 g/mol. The van der Waals surface area contributed by atoms with Crippen LogP contribution in [0.3, 0.4) is 0 Å². The van der Waals surface area contributed by atoms with Crippen molar-refractivity contribution < 1.29 is 14.6 Å². The Hall–Kier alpha value is -3.33. The SMILES string of the molecule is CN(c1ccc(Cl)cc1)c1ccc(O)c(-c2ccc(CNC(=O)CN3CCOCC3)c(N)n2)c1. The number of carbonyl (C=O) groups excluding carboxylic acids is 1. The number of aromatic nitrogens is 1. The number of aromatic hydroxyl groups is 1. The van der Waals surface area contributed by atoms with Crippen molar-refractivity contribution >= 4 is 34.7 Å². The monoisotopic (exact) mass is 481 g/mol. The number of pyridine rings is 1. The van der Waals surface area contributed by atoms with Crippen molar-refractivity contribution in [2.24, 2.45) is 0 Å². The van der Waals surface area contributed by atoms with Crippen LogP contribution in [0.2, 0.25) is 5.02 Å². The highest BCUT2D eigenvalue weighted by molar-refractivity contribution is 6.30. The molecule has 0 bridgehead atoms. The first-order chi connectivity index (χ1) is 16.4. The van der Waals surface area contributed by atoms with E-state index < -0.39 is 0 Å². The first-order valence-electron chi connectivity index (χ1n) is 11.1. The van der Waals surface area contributed by atoms with Gasteiger partial charge in [-0.15, -0.1) is 0 Å². The van der Waals surface area contributed by atoms with Crippen molar-refractivity contribution in [2.45, 2.75) is 6.54 Å². The van der Waals surface area contributed by atoms with Gasteiger partial charge in [-0.05, 0) is 48.5 Å². The molecule has 34 heavy (non-hydrogen) atoms. The number of morpholine rings is 1. The Morgan fingerprint density at radius 2 is 1.85 bits per heavy atom. The molecule has 1 aliphatic rings. The summed E-state index contributed by atoms with van der Waals surface area (Å²) in [5, 5.41) is 14.0. The molecule has 4 rings (SSSR count). The zero-order chi connectivity index (χ0) is 24.1. The zero-order valence-corrected chi connectivity index (χ0v) is 19.8. The lowest BCUT2D eigenvalue weighted by atomic mass is 10.1. The molecule has 1 aromatic heterocycles. The molecule has 2 heterocycles. The van der Waals surface area contributed by atoms with Gasteiger partial charge in [0.1, 0.15) is 11.6 Å². The van der Waals surface area contributed by atoms with E-state index in [-0.39, 0.29) is 18.2 Å². The van der Waals surface area contributed by atoms with Crippen LogP contribution in [0, 0.1) is 0 Å². The highest BCUT2D eigenvalue weighted by atomic mass is 35.5. The molecule has 9 heteroatoms. The second kappa shape index (κ2) is 10.7. The van der Waals surface area contributed by atoms with Crippen LogP contribution in [-0.2, 0) is 16.1 Å². The second-order valence-corrected chi connectivity index (χ2v) is 8.58. The molecule has 1 amide bonds. The van der Waals surface area contributed by atoms with Gasteiger partial charge in [0.25, 0.3) is 0 Å². The van der Waals surface area contributed by atoms with Crippen molar-refractivity contribution in [2.75, 3.05) is 50.5 Å². The Balaban J connectivity index is 1.46. The third-order valence-electron chi connectivity index (χ3n) is 5.82. The topological polar surface area (TPSA) is 104 Å². The minimum absolute atomic E-state index is 0.0686. The molecule has 3 aromatic rings. The van der Waals surface area contributed by atoms with Gasteiger partial charge >= 0.3 is 0 Å². The summed E-state index contributed by atoms with van der Waals surface area (Å²) in [6, 6.07) is 16.4. The molecule has 0 unspecified atom stereocenters. The summed E-state index contributed by atoms with van der Waals surface area (Å²) in [6.45, 7) is 3.41. The van der Waals surface area contributed by atoms with Crippen molar-refractivity contribution in [1.82, 2.24) is 15.2 Å². The van der Waals surface area contributed by atoms with Crippen LogP contribution < -0.4 is 16.0 Å². The maximum absolute atomic E-state index is 12.3. The quantitative estimate of drug-likeness (QED) is 0.475. The smallest absolute Gasteiger partial charge is 0.234 e. The third kappa shape index (κ3) is 5.77. The van der Waals surface area contributed by atoms with Crippen molar-refractivity contribution in [3.05, 3.63) is 65.2 Å². The largest absolute Gasteiger partial charge is 0.507 e. The van der Waals surface area contributed by atoms with E-state index in [9.17, 15) is 9.90 Å². The van der Waals surface area contributed by atoms with Gasteiger partial charge in [-0.2, -0.15) is 0 Å². The Kier molecular flexibility index (Phi) is 7.52. The van der Waals surface area contributed by atoms with Crippen LogP contribution in [0.1, 0.15) is 5.56 Å². The maximum atomic E-state index is 12.3. The number of amides is 1.